The van der Waals surface area contributed by atoms with E-state index in [4.69, 9.17) is 4.74 Å². The predicted molar refractivity (Wildman–Crippen MR) is 110 cm³/mol. The number of nitrogens with one attached hydrogen (secondary N) is 1. The fourth-order valence-corrected chi connectivity index (χ4v) is 5.39. The summed E-state index contributed by atoms with van der Waals surface area (Å²) < 4.78 is 32.2. The van der Waals surface area contributed by atoms with Crippen LogP contribution in [0.25, 0.3) is 0 Å². The quantitative estimate of drug-likeness (QED) is 0.710. The van der Waals surface area contributed by atoms with Gasteiger partial charge in [0.15, 0.2) is 6.10 Å². The lowest BCUT2D eigenvalue weighted by molar-refractivity contribution is -0.158. The van der Waals surface area contributed by atoms with Gasteiger partial charge in [-0.05, 0) is 56.9 Å². The van der Waals surface area contributed by atoms with Crippen molar-refractivity contribution in [3.05, 3.63) is 24.3 Å². The van der Waals surface area contributed by atoms with Crippen molar-refractivity contribution in [1.29, 1.82) is 0 Å². The number of ether oxygens (including phenoxy) is 1. The van der Waals surface area contributed by atoms with Gasteiger partial charge in [-0.15, -0.1) is 0 Å². The number of benzene rings is 1. The van der Waals surface area contributed by atoms with Crippen LogP contribution in [0, 0.1) is 5.92 Å². The van der Waals surface area contributed by atoms with Crippen molar-refractivity contribution in [1.82, 2.24) is 4.31 Å². The Labute approximate surface area is 172 Å². The molecule has 1 atom stereocenters. The molecule has 0 bridgehead atoms. The van der Waals surface area contributed by atoms with Gasteiger partial charge in [0.2, 0.25) is 10.0 Å². The third-order valence-corrected chi connectivity index (χ3v) is 7.59. The fraction of sp³-hybridized carbons (Fsp3) is 0.619. The minimum Gasteiger partial charge on any atom is -0.452 e. The minimum absolute atomic E-state index is 0.113. The summed E-state index contributed by atoms with van der Waals surface area (Å²) in [6.45, 7) is 2.64. The third kappa shape index (κ3) is 5.57. The zero-order valence-corrected chi connectivity index (χ0v) is 17.7. The molecule has 3 rings (SSSR count). The van der Waals surface area contributed by atoms with Crippen molar-refractivity contribution < 1.29 is 22.7 Å². The summed E-state index contributed by atoms with van der Waals surface area (Å²) in [6, 6.07) is 6.12. The second-order valence-electron chi connectivity index (χ2n) is 7.89. The maximum atomic E-state index is 12.7. The number of hydrogen-bond acceptors (Lipinski definition) is 5. The van der Waals surface area contributed by atoms with Crippen molar-refractivity contribution in [3.63, 3.8) is 0 Å². The van der Waals surface area contributed by atoms with Crippen LogP contribution in [0.4, 0.5) is 5.69 Å². The zero-order chi connectivity index (χ0) is 20.9. The van der Waals surface area contributed by atoms with E-state index in [9.17, 15) is 18.0 Å². The van der Waals surface area contributed by atoms with Crippen LogP contribution in [0.5, 0.6) is 0 Å². The summed E-state index contributed by atoms with van der Waals surface area (Å²) >= 11 is 0. The molecular weight excluding hydrogens is 392 g/mol. The Morgan fingerprint density at radius 1 is 1.00 bits per heavy atom. The summed E-state index contributed by atoms with van der Waals surface area (Å²) in [4.78, 5) is 24.8. The number of carbonyl (C=O) groups excluding carboxylic acids is 2. The molecule has 29 heavy (non-hydrogen) atoms. The van der Waals surface area contributed by atoms with Gasteiger partial charge in [-0.25, -0.2) is 8.42 Å². The number of carbonyl (C=O) groups is 2. The number of nitrogens with zero attached hydrogens (tertiary/aromatic N) is 1. The van der Waals surface area contributed by atoms with E-state index >= 15 is 0 Å². The highest BCUT2D eigenvalue weighted by molar-refractivity contribution is 7.89. The second-order valence-corrected chi connectivity index (χ2v) is 9.83. The van der Waals surface area contributed by atoms with E-state index in [-0.39, 0.29) is 16.8 Å². The number of amides is 1. The van der Waals surface area contributed by atoms with Gasteiger partial charge in [-0.1, -0.05) is 25.7 Å². The predicted octanol–water partition coefficient (Wildman–Crippen LogP) is 3.31. The van der Waals surface area contributed by atoms with Gasteiger partial charge < -0.3 is 10.1 Å². The molecule has 1 aliphatic heterocycles. The van der Waals surface area contributed by atoms with Crippen LogP contribution in [0.1, 0.15) is 58.3 Å². The van der Waals surface area contributed by atoms with Crippen molar-refractivity contribution in [2.75, 3.05) is 18.4 Å². The number of rotatable bonds is 6. The Kier molecular flexibility index (Phi) is 7.29. The zero-order valence-electron chi connectivity index (χ0n) is 16.9. The number of sulfonamides is 1. The van der Waals surface area contributed by atoms with Crippen LogP contribution < -0.4 is 5.32 Å². The van der Waals surface area contributed by atoms with E-state index in [2.05, 4.69) is 5.32 Å². The van der Waals surface area contributed by atoms with E-state index in [1.807, 2.05) is 0 Å². The smallest absolute Gasteiger partial charge is 0.309 e. The van der Waals surface area contributed by atoms with Crippen LogP contribution in [0.15, 0.2) is 29.2 Å². The lowest BCUT2D eigenvalue weighted by Gasteiger charge is -2.26. The molecule has 160 valence electrons. The fourth-order valence-electron chi connectivity index (χ4n) is 3.87. The standard InChI is InChI=1S/C21H30N2O5S/c1-16(28-21(25)17-8-4-2-5-9-17)20(24)22-18-10-12-19(13-11-18)29(26,27)23-14-6-3-7-15-23/h10-13,16-17H,2-9,14-15H2,1H3,(H,22,24)/t16-/m1/s1. The molecule has 7 nitrogen and oxygen atoms in total. The maximum absolute atomic E-state index is 12.7. The number of hydrogen-bond donors (Lipinski definition) is 1. The van der Waals surface area contributed by atoms with E-state index < -0.39 is 22.0 Å². The highest BCUT2D eigenvalue weighted by Crippen LogP contribution is 2.25. The molecular formula is C21H30N2O5S. The molecule has 1 saturated heterocycles. The Morgan fingerprint density at radius 3 is 2.21 bits per heavy atom. The molecule has 1 aromatic rings. The summed E-state index contributed by atoms with van der Waals surface area (Å²) in [5.74, 6) is -0.852. The van der Waals surface area contributed by atoms with Gasteiger partial charge in [0.25, 0.3) is 5.91 Å². The summed E-state index contributed by atoms with van der Waals surface area (Å²) in [5, 5.41) is 2.68. The Balaban J connectivity index is 1.55. The molecule has 1 saturated carbocycles. The van der Waals surface area contributed by atoms with Crippen LogP contribution in [0.2, 0.25) is 0 Å². The molecule has 0 aromatic heterocycles. The molecule has 0 radical (unpaired) electrons. The first kappa shape index (κ1) is 21.8. The van der Waals surface area contributed by atoms with E-state index in [0.29, 0.717) is 18.8 Å². The first-order valence-corrected chi connectivity index (χ1v) is 11.9. The molecule has 1 amide bonds. The average molecular weight is 423 g/mol. The summed E-state index contributed by atoms with van der Waals surface area (Å²) in [6.07, 6.45) is 6.74. The van der Waals surface area contributed by atoms with Crippen molar-refractivity contribution in [2.24, 2.45) is 5.92 Å². The Morgan fingerprint density at radius 2 is 1.59 bits per heavy atom. The van der Waals surface area contributed by atoms with E-state index in [0.717, 1.165) is 51.4 Å². The number of anilines is 1. The third-order valence-electron chi connectivity index (χ3n) is 5.68. The first-order chi connectivity index (χ1) is 13.9. The molecule has 1 aliphatic carbocycles. The highest BCUT2D eigenvalue weighted by atomic mass is 32.2. The molecule has 1 heterocycles. The monoisotopic (exact) mass is 422 g/mol. The van der Waals surface area contributed by atoms with Crippen LogP contribution in [0.3, 0.4) is 0 Å². The highest BCUT2D eigenvalue weighted by Gasteiger charge is 2.27. The van der Waals surface area contributed by atoms with E-state index in [1.54, 1.807) is 19.1 Å². The van der Waals surface area contributed by atoms with Gasteiger partial charge in [-0.3, -0.25) is 9.59 Å². The van der Waals surface area contributed by atoms with Crippen molar-refractivity contribution in [3.8, 4) is 0 Å². The molecule has 0 spiro atoms. The Hall–Kier alpha value is -1.93. The van der Waals surface area contributed by atoms with Crippen molar-refractivity contribution in [2.45, 2.75) is 69.3 Å². The van der Waals surface area contributed by atoms with E-state index in [1.165, 1.54) is 16.4 Å². The minimum atomic E-state index is -3.50. The van der Waals surface area contributed by atoms with Gasteiger partial charge in [0.05, 0.1) is 10.8 Å². The average Bonchev–Trinajstić information content (AvgIpc) is 2.75. The van der Waals surface area contributed by atoms with Gasteiger partial charge >= 0.3 is 5.97 Å². The maximum Gasteiger partial charge on any atom is 0.309 e. The number of esters is 1. The second kappa shape index (κ2) is 9.71. The molecule has 8 heteroatoms. The first-order valence-electron chi connectivity index (χ1n) is 10.5. The lowest BCUT2D eigenvalue weighted by Crippen LogP contribution is -2.35. The van der Waals surface area contributed by atoms with Crippen molar-refractivity contribution >= 4 is 27.6 Å². The largest absolute Gasteiger partial charge is 0.452 e. The molecule has 2 fully saturated rings. The molecule has 1 aromatic carbocycles. The molecule has 2 aliphatic rings. The summed E-state index contributed by atoms with van der Waals surface area (Å²) in [5.41, 5.74) is 0.466. The SMILES string of the molecule is C[C@@H](OC(=O)C1CCCCC1)C(=O)Nc1ccc(S(=O)(=O)N2CCCCC2)cc1. The number of piperidine rings is 1. The molecule has 1 N–H and O–H groups in total. The van der Waals surface area contributed by atoms with Gasteiger partial charge in [-0.2, -0.15) is 4.31 Å². The summed E-state index contributed by atoms with van der Waals surface area (Å²) in [7, 11) is -3.50. The van der Waals surface area contributed by atoms with Crippen LogP contribution in [-0.2, 0) is 24.3 Å². The Bertz CT molecular complexity index is 810. The van der Waals surface area contributed by atoms with Crippen LogP contribution >= 0.6 is 0 Å². The van der Waals surface area contributed by atoms with Crippen LogP contribution in [-0.4, -0.2) is 43.8 Å². The molecule has 0 unspecified atom stereocenters. The topological polar surface area (TPSA) is 92.8 Å². The van der Waals surface area contributed by atoms with Gasteiger partial charge in [0.1, 0.15) is 0 Å². The van der Waals surface area contributed by atoms with Gasteiger partial charge in [0, 0.05) is 18.8 Å². The normalized spacial score (nSPS) is 20.0. The lowest BCUT2D eigenvalue weighted by atomic mass is 9.89.